The van der Waals surface area contributed by atoms with Crippen LogP contribution in [0.4, 0.5) is 4.39 Å². The van der Waals surface area contributed by atoms with E-state index in [1.54, 1.807) is 37.3 Å². The highest BCUT2D eigenvalue weighted by Crippen LogP contribution is 2.44. The van der Waals surface area contributed by atoms with E-state index in [0.29, 0.717) is 17.4 Å². The topological polar surface area (TPSA) is 66.8 Å². The molecule has 2 aromatic rings. The van der Waals surface area contributed by atoms with Crippen LogP contribution in [0.2, 0.25) is 5.02 Å². The third kappa shape index (κ3) is 3.81. The molecule has 1 aliphatic carbocycles. The van der Waals surface area contributed by atoms with Crippen molar-refractivity contribution in [1.29, 1.82) is 0 Å². The Kier molecular flexibility index (Phi) is 6.01. The molecule has 0 bridgehead atoms. The number of amides is 1. The number of benzene rings is 2. The summed E-state index contributed by atoms with van der Waals surface area (Å²) in [5.41, 5.74) is 0.347. The molecule has 5 nitrogen and oxygen atoms in total. The van der Waals surface area contributed by atoms with Crippen molar-refractivity contribution in [2.45, 2.75) is 44.7 Å². The summed E-state index contributed by atoms with van der Waals surface area (Å²) in [6.45, 7) is 2.17. The Morgan fingerprint density at radius 1 is 1.19 bits per heavy atom. The molecule has 2 aromatic carbocycles. The largest absolute Gasteiger partial charge is 0.507 e. The lowest BCUT2D eigenvalue weighted by Gasteiger charge is -2.31. The lowest BCUT2D eigenvalue weighted by Crippen LogP contribution is -2.38. The molecule has 1 aliphatic heterocycles. The van der Waals surface area contributed by atoms with Crippen LogP contribution in [0.5, 0.6) is 5.75 Å². The molecule has 1 unspecified atom stereocenters. The number of likely N-dealkylation sites (tertiary alicyclic amines) is 1. The Balaban J connectivity index is 1.89. The minimum absolute atomic E-state index is 0.119. The minimum atomic E-state index is -0.990. The van der Waals surface area contributed by atoms with Crippen LogP contribution in [0, 0.1) is 5.82 Å². The van der Waals surface area contributed by atoms with Gasteiger partial charge in [0, 0.05) is 17.2 Å². The van der Waals surface area contributed by atoms with Crippen molar-refractivity contribution in [3.8, 4) is 5.75 Å². The molecular formula is C24H23ClFNO4. The maximum atomic E-state index is 14.8. The number of aliphatic hydroxyl groups is 1. The molecule has 0 radical (unpaired) electrons. The van der Waals surface area contributed by atoms with E-state index >= 15 is 0 Å². The van der Waals surface area contributed by atoms with Gasteiger partial charge >= 0.3 is 0 Å². The number of Topliss-reactive ketones (excluding diaryl/α,β-unsaturated/α-hetero) is 1. The summed E-state index contributed by atoms with van der Waals surface area (Å²) in [5.74, 6) is -2.08. The highest BCUT2D eigenvalue weighted by Gasteiger charge is 2.49. The molecule has 31 heavy (non-hydrogen) atoms. The summed E-state index contributed by atoms with van der Waals surface area (Å²) in [6, 6.07) is 9.49. The highest BCUT2D eigenvalue weighted by atomic mass is 35.5. The standard InChI is InChI=1S/C24H23ClFNO4/c1-2-31-19-13-14(11-12-17(19)25)22(28)20-21(16-9-5-6-10-18(16)26)27(24(30)23(20)29)15-7-3-4-8-15/h5-6,9-13,15,21,28H,2-4,7-8H2,1H3/b22-20+. The number of nitrogens with zero attached hydrogens (tertiary/aromatic N) is 1. The second-order valence-corrected chi connectivity index (χ2v) is 8.15. The van der Waals surface area contributed by atoms with Gasteiger partial charge in [-0.3, -0.25) is 9.59 Å². The van der Waals surface area contributed by atoms with Crippen LogP contribution in [0.1, 0.15) is 49.8 Å². The van der Waals surface area contributed by atoms with Gasteiger partial charge in [-0.1, -0.05) is 42.6 Å². The fourth-order valence-electron chi connectivity index (χ4n) is 4.48. The van der Waals surface area contributed by atoms with Crippen LogP contribution in [0.15, 0.2) is 48.0 Å². The Labute approximate surface area is 185 Å². The molecule has 0 aromatic heterocycles. The van der Waals surface area contributed by atoms with E-state index in [2.05, 4.69) is 0 Å². The quantitative estimate of drug-likeness (QED) is 0.389. The number of ketones is 1. The number of hydrogen-bond donors (Lipinski definition) is 1. The molecular weight excluding hydrogens is 421 g/mol. The molecule has 1 N–H and O–H groups in total. The van der Waals surface area contributed by atoms with E-state index < -0.39 is 23.5 Å². The van der Waals surface area contributed by atoms with Crippen molar-refractivity contribution in [3.63, 3.8) is 0 Å². The number of rotatable bonds is 5. The Morgan fingerprint density at radius 2 is 1.90 bits per heavy atom. The second-order valence-electron chi connectivity index (χ2n) is 7.74. The molecule has 1 atom stereocenters. The van der Waals surface area contributed by atoms with Crippen molar-refractivity contribution in [3.05, 3.63) is 70.0 Å². The average molecular weight is 444 g/mol. The van der Waals surface area contributed by atoms with Gasteiger partial charge in [0.15, 0.2) is 0 Å². The molecule has 162 valence electrons. The number of carbonyl (C=O) groups is 2. The SMILES string of the molecule is CCOc1cc(/C(O)=C2\C(=O)C(=O)N(C3CCCC3)C2c2ccccc2F)ccc1Cl. The molecule has 1 saturated carbocycles. The average Bonchev–Trinajstić information content (AvgIpc) is 3.37. The fraction of sp³-hybridized carbons (Fsp3) is 0.333. The van der Waals surface area contributed by atoms with Gasteiger partial charge in [-0.05, 0) is 44.0 Å². The van der Waals surface area contributed by atoms with Gasteiger partial charge in [-0.2, -0.15) is 0 Å². The van der Waals surface area contributed by atoms with Gasteiger partial charge < -0.3 is 14.7 Å². The minimum Gasteiger partial charge on any atom is -0.507 e. The molecule has 1 saturated heterocycles. The first-order valence-corrected chi connectivity index (χ1v) is 10.8. The Morgan fingerprint density at radius 3 is 2.58 bits per heavy atom. The van der Waals surface area contributed by atoms with Crippen molar-refractivity contribution in [1.82, 2.24) is 4.90 Å². The van der Waals surface area contributed by atoms with Gasteiger partial charge in [0.25, 0.3) is 11.7 Å². The fourth-order valence-corrected chi connectivity index (χ4v) is 4.66. The Bertz CT molecular complexity index is 1060. The lowest BCUT2D eigenvalue weighted by atomic mass is 9.94. The van der Waals surface area contributed by atoms with Gasteiger partial charge in [0.2, 0.25) is 0 Å². The van der Waals surface area contributed by atoms with E-state index in [4.69, 9.17) is 16.3 Å². The van der Waals surface area contributed by atoms with Gasteiger partial charge in [0.1, 0.15) is 17.3 Å². The third-order valence-corrected chi connectivity index (χ3v) is 6.21. The number of carbonyl (C=O) groups excluding carboxylic acids is 2. The van der Waals surface area contributed by atoms with Crippen LogP contribution in [-0.4, -0.2) is 34.3 Å². The van der Waals surface area contributed by atoms with Crippen molar-refractivity contribution in [2.75, 3.05) is 6.61 Å². The van der Waals surface area contributed by atoms with E-state index in [1.807, 2.05) is 0 Å². The first-order chi connectivity index (χ1) is 14.9. The van der Waals surface area contributed by atoms with Crippen LogP contribution in [0.25, 0.3) is 5.76 Å². The summed E-state index contributed by atoms with van der Waals surface area (Å²) in [4.78, 5) is 27.5. The van der Waals surface area contributed by atoms with Crippen LogP contribution in [0.3, 0.4) is 0 Å². The molecule has 4 rings (SSSR count). The van der Waals surface area contributed by atoms with Crippen molar-refractivity contribution < 1.29 is 23.8 Å². The first kappa shape index (κ1) is 21.4. The molecule has 2 fully saturated rings. The molecule has 2 aliphatic rings. The van der Waals surface area contributed by atoms with Crippen molar-refractivity contribution >= 4 is 29.1 Å². The van der Waals surface area contributed by atoms with Crippen molar-refractivity contribution in [2.24, 2.45) is 0 Å². The third-order valence-electron chi connectivity index (χ3n) is 5.90. The maximum absolute atomic E-state index is 14.8. The van der Waals surface area contributed by atoms with E-state index in [1.165, 1.54) is 17.0 Å². The zero-order chi connectivity index (χ0) is 22.1. The van der Waals surface area contributed by atoms with E-state index in [9.17, 15) is 19.1 Å². The number of hydrogen-bond acceptors (Lipinski definition) is 4. The predicted molar refractivity (Wildman–Crippen MR) is 115 cm³/mol. The summed E-state index contributed by atoms with van der Waals surface area (Å²) in [5, 5.41) is 11.5. The zero-order valence-electron chi connectivity index (χ0n) is 17.1. The zero-order valence-corrected chi connectivity index (χ0v) is 17.9. The summed E-state index contributed by atoms with van der Waals surface area (Å²) >= 11 is 6.14. The normalized spacial score (nSPS) is 21.1. The number of halogens is 2. The summed E-state index contributed by atoms with van der Waals surface area (Å²) in [6.07, 6.45) is 3.36. The molecule has 0 spiro atoms. The summed E-state index contributed by atoms with van der Waals surface area (Å²) < 4.78 is 20.3. The van der Waals surface area contributed by atoms with Gasteiger partial charge in [-0.15, -0.1) is 0 Å². The Hall–Kier alpha value is -2.86. The first-order valence-electron chi connectivity index (χ1n) is 10.4. The van der Waals surface area contributed by atoms with E-state index in [0.717, 1.165) is 25.7 Å². The van der Waals surface area contributed by atoms with Gasteiger partial charge in [0.05, 0.1) is 23.2 Å². The van der Waals surface area contributed by atoms with Crippen LogP contribution < -0.4 is 4.74 Å². The molecule has 1 heterocycles. The second kappa shape index (κ2) is 8.71. The predicted octanol–water partition coefficient (Wildman–Crippen LogP) is 5.24. The number of ether oxygens (including phenoxy) is 1. The summed E-state index contributed by atoms with van der Waals surface area (Å²) in [7, 11) is 0. The monoisotopic (exact) mass is 443 g/mol. The van der Waals surface area contributed by atoms with Crippen LogP contribution in [-0.2, 0) is 9.59 Å². The smallest absolute Gasteiger partial charge is 0.295 e. The number of aliphatic hydroxyl groups excluding tert-OH is 1. The van der Waals surface area contributed by atoms with E-state index in [-0.39, 0.29) is 28.5 Å². The lowest BCUT2D eigenvalue weighted by molar-refractivity contribution is -0.141. The maximum Gasteiger partial charge on any atom is 0.295 e. The highest BCUT2D eigenvalue weighted by molar-refractivity contribution is 6.46. The molecule has 7 heteroatoms. The van der Waals surface area contributed by atoms with Crippen LogP contribution >= 0.6 is 11.6 Å². The van der Waals surface area contributed by atoms with Gasteiger partial charge in [-0.25, -0.2) is 4.39 Å². The molecule has 1 amide bonds.